The fourth-order valence-corrected chi connectivity index (χ4v) is 2.89. The summed E-state index contributed by atoms with van der Waals surface area (Å²) in [6.45, 7) is 2.26. The fraction of sp³-hybridized carbons (Fsp3) is 0.308. The molecule has 5 nitrogen and oxygen atoms in total. The van der Waals surface area contributed by atoms with Crippen molar-refractivity contribution in [3.63, 3.8) is 0 Å². The summed E-state index contributed by atoms with van der Waals surface area (Å²) in [7, 11) is -3.41. The van der Waals surface area contributed by atoms with Gasteiger partial charge in [-0.1, -0.05) is 17.3 Å². The lowest BCUT2D eigenvalue weighted by atomic mass is 10.2. The van der Waals surface area contributed by atoms with Crippen LogP contribution in [0.15, 0.2) is 46.1 Å². The first kappa shape index (κ1) is 13.8. The number of aryl methyl sites for hydroxylation is 2. The van der Waals surface area contributed by atoms with E-state index in [1.54, 1.807) is 30.7 Å². The lowest BCUT2D eigenvalue weighted by Crippen LogP contribution is -2.25. The molecule has 19 heavy (non-hydrogen) atoms. The number of hydrogen-bond donors (Lipinski definition) is 1. The number of nitrogens with one attached hydrogen (secondary N) is 1. The van der Waals surface area contributed by atoms with Crippen molar-refractivity contribution < 1.29 is 12.9 Å². The van der Waals surface area contributed by atoms with Gasteiger partial charge in [0.25, 0.3) is 0 Å². The Morgan fingerprint density at radius 3 is 2.89 bits per heavy atom. The van der Waals surface area contributed by atoms with Gasteiger partial charge < -0.3 is 4.52 Å². The molecule has 2 aromatic rings. The molecule has 0 amide bonds. The van der Waals surface area contributed by atoms with Gasteiger partial charge in [-0.05, 0) is 37.5 Å². The molecule has 0 fully saturated rings. The largest absolute Gasteiger partial charge is 0.364 e. The van der Waals surface area contributed by atoms with Crippen LogP contribution in [0, 0.1) is 6.92 Å². The van der Waals surface area contributed by atoms with Crippen LogP contribution in [0.1, 0.15) is 17.5 Å². The van der Waals surface area contributed by atoms with E-state index in [4.69, 9.17) is 4.52 Å². The van der Waals surface area contributed by atoms with Crippen molar-refractivity contribution in [2.24, 2.45) is 0 Å². The number of sulfonamides is 1. The summed E-state index contributed by atoms with van der Waals surface area (Å²) in [5.74, 6) is 0. The minimum atomic E-state index is -3.41. The van der Waals surface area contributed by atoms with E-state index >= 15 is 0 Å². The molecule has 0 atom stereocenters. The average molecular weight is 280 g/mol. The molecule has 2 rings (SSSR count). The molecule has 0 saturated carbocycles. The molecule has 0 unspecified atom stereocenters. The Balaban J connectivity index is 1.88. The first-order valence-corrected chi connectivity index (χ1v) is 7.51. The van der Waals surface area contributed by atoms with Gasteiger partial charge in [0.2, 0.25) is 10.0 Å². The van der Waals surface area contributed by atoms with E-state index in [0.29, 0.717) is 17.9 Å². The van der Waals surface area contributed by atoms with Gasteiger partial charge in [0.05, 0.1) is 11.1 Å². The normalized spacial score (nSPS) is 11.6. The highest BCUT2D eigenvalue weighted by Crippen LogP contribution is 2.10. The minimum absolute atomic E-state index is 0.303. The molecule has 0 saturated heterocycles. The maximum absolute atomic E-state index is 12.0. The van der Waals surface area contributed by atoms with Gasteiger partial charge in [-0.25, -0.2) is 13.1 Å². The van der Waals surface area contributed by atoms with Crippen LogP contribution < -0.4 is 4.72 Å². The number of rotatable bonds is 6. The van der Waals surface area contributed by atoms with Crippen LogP contribution in [0.4, 0.5) is 0 Å². The number of nitrogens with zero attached hydrogens (tertiary/aromatic N) is 1. The molecule has 1 N–H and O–H groups in total. The SMILES string of the molecule is Cc1cccc(S(=O)(=O)NCCCc2cnoc2)c1. The van der Waals surface area contributed by atoms with E-state index in [9.17, 15) is 8.42 Å². The lowest BCUT2D eigenvalue weighted by Gasteiger charge is -2.06. The number of hydrogen-bond acceptors (Lipinski definition) is 4. The van der Waals surface area contributed by atoms with E-state index in [1.807, 2.05) is 13.0 Å². The second kappa shape index (κ2) is 5.99. The Bertz CT molecular complexity index is 621. The summed E-state index contributed by atoms with van der Waals surface area (Å²) in [6, 6.07) is 6.85. The van der Waals surface area contributed by atoms with Gasteiger partial charge >= 0.3 is 0 Å². The number of benzene rings is 1. The van der Waals surface area contributed by atoms with Crippen molar-refractivity contribution in [2.75, 3.05) is 6.54 Å². The third kappa shape index (κ3) is 3.90. The second-order valence-corrected chi connectivity index (χ2v) is 6.12. The fourth-order valence-electron chi connectivity index (χ4n) is 1.72. The first-order chi connectivity index (χ1) is 9.08. The molecule has 6 heteroatoms. The van der Waals surface area contributed by atoms with Crippen LogP contribution in [0.3, 0.4) is 0 Å². The van der Waals surface area contributed by atoms with Gasteiger partial charge in [0.1, 0.15) is 6.26 Å². The zero-order valence-corrected chi connectivity index (χ0v) is 11.5. The molecule has 0 aliphatic heterocycles. The number of aromatic nitrogens is 1. The van der Waals surface area contributed by atoms with Gasteiger partial charge in [-0.3, -0.25) is 0 Å². The highest BCUT2D eigenvalue weighted by atomic mass is 32.2. The summed E-state index contributed by atoms with van der Waals surface area (Å²) < 4.78 is 31.3. The van der Waals surface area contributed by atoms with Crippen LogP contribution in [-0.4, -0.2) is 20.1 Å². The quantitative estimate of drug-likeness (QED) is 0.820. The summed E-state index contributed by atoms with van der Waals surface area (Å²) in [5, 5.41) is 3.59. The third-order valence-corrected chi connectivity index (χ3v) is 4.18. The van der Waals surface area contributed by atoms with Crippen LogP contribution in [0.5, 0.6) is 0 Å². The highest BCUT2D eigenvalue weighted by molar-refractivity contribution is 7.89. The highest BCUT2D eigenvalue weighted by Gasteiger charge is 2.12. The molecule has 1 aromatic carbocycles. The van der Waals surface area contributed by atoms with Crippen LogP contribution in [0.2, 0.25) is 0 Å². The Kier molecular flexibility index (Phi) is 4.34. The molecule has 102 valence electrons. The second-order valence-electron chi connectivity index (χ2n) is 4.35. The summed E-state index contributed by atoms with van der Waals surface area (Å²) in [6.07, 6.45) is 4.64. The van der Waals surface area contributed by atoms with E-state index in [0.717, 1.165) is 17.5 Å². The molecule has 1 heterocycles. The average Bonchev–Trinajstić information content (AvgIpc) is 2.88. The van der Waals surface area contributed by atoms with Gasteiger partial charge in [-0.2, -0.15) is 0 Å². The maximum Gasteiger partial charge on any atom is 0.240 e. The van der Waals surface area contributed by atoms with E-state index in [-0.39, 0.29) is 0 Å². The van der Waals surface area contributed by atoms with Crippen LogP contribution >= 0.6 is 0 Å². The van der Waals surface area contributed by atoms with Crippen LogP contribution in [-0.2, 0) is 16.4 Å². The van der Waals surface area contributed by atoms with Crippen molar-refractivity contribution in [1.29, 1.82) is 0 Å². The van der Waals surface area contributed by atoms with E-state index in [1.165, 1.54) is 0 Å². The topological polar surface area (TPSA) is 72.2 Å². The van der Waals surface area contributed by atoms with Crippen molar-refractivity contribution in [3.05, 3.63) is 47.9 Å². The lowest BCUT2D eigenvalue weighted by molar-refractivity contribution is 0.418. The van der Waals surface area contributed by atoms with Crippen molar-refractivity contribution in [2.45, 2.75) is 24.7 Å². The Morgan fingerprint density at radius 1 is 1.37 bits per heavy atom. The van der Waals surface area contributed by atoms with Gasteiger partial charge in [0, 0.05) is 12.1 Å². The third-order valence-electron chi connectivity index (χ3n) is 2.72. The Morgan fingerprint density at radius 2 is 2.21 bits per heavy atom. The summed E-state index contributed by atoms with van der Waals surface area (Å²) >= 11 is 0. The zero-order chi connectivity index (χ0) is 13.7. The minimum Gasteiger partial charge on any atom is -0.364 e. The molecule has 0 radical (unpaired) electrons. The van der Waals surface area contributed by atoms with Gasteiger partial charge in [0.15, 0.2) is 0 Å². The van der Waals surface area contributed by atoms with Crippen molar-refractivity contribution >= 4 is 10.0 Å². The molecule has 1 aromatic heterocycles. The maximum atomic E-state index is 12.0. The van der Waals surface area contributed by atoms with Crippen molar-refractivity contribution in [1.82, 2.24) is 9.88 Å². The van der Waals surface area contributed by atoms with Gasteiger partial charge in [-0.15, -0.1) is 0 Å². The molecule has 0 bridgehead atoms. The molecular weight excluding hydrogens is 264 g/mol. The monoisotopic (exact) mass is 280 g/mol. The molecule has 0 aliphatic rings. The first-order valence-electron chi connectivity index (χ1n) is 6.02. The van der Waals surface area contributed by atoms with E-state index < -0.39 is 10.0 Å². The standard InChI is InChI=1S/C13H16N2O3S/c1-11-4-2-6-13(8-11)19(16,17)15-7-3-5-12-9-14-18-10-12/h2,4,6,8-10,15H,3,5,7H2,1H3. The Labute approximate surface area is 112 Å². The smallest absolute Gasteiger partial charge is 0.240 e. The Hall–Kier alpha value is -1.66. The summed E-state index contributed by atoms with van der Waals surface area (Å²) in [5.41, 5.74) is 1.89. The molecule has 0 aliphatic carbocycles. The zero-order valence-electron chi connectivity index (χ0n) is 10.7. The predicted molar refractivity (Wildman–Crippen MR) is 71.2 cm³/mol. The van der Waals surface area contributed by atoms with E-state index in [2.05, 4.69) is 9.88 Å². The predicted octanol–water partition coefficient (Wildman–Crippen LogP) is 1.89. The van der Waals surface area contributed by atoms with Crippen molar-refractivity contribution in [3.8, 4) is 0 Å². The summed E-state index contributed by atoms with van der Waals surface area (Å²) in [4.78, 5) is 0.303. The van der Waals surface area contributed by atoms with Crippen LogP contribution in [0.25, 0.3) is 0 Å². The molecule has 0 spiro atoms. The molecular formula is C13H16N2O3S.